The quantitative estimate of drug-likeness (QED) is 0.922. The molecule has 0 aliphatic heterocycles. The molecule has 102 valence electrons. The maximum absolute atomic E-state index is 6.25. The van der Waals surface area contributed by atoms with E-state index in [0.717, 1.165) is 22.8 Å². The molecule has 0 saturated carbocycles. The van der Waals surface area contributed by atoms with Crippen molar-refractivity contribution >= 4 is 17.3 Å². The molecule has 3 nitrogen and oxygen atoms in total. The van der Waals surface area contributed by atoms with Crippen LogP contribution in [0.2, 0.25) is 5.02 Å². The average molecular weight is 279 g/mol. The lowest BCUT2D eigenvalue weighted by molar-refractivity contribution is 0.482. The van der Waals surface area contributed by atoms with Crippen LogP contribution in [-0.2, 0) is 6.54 Å². The molecule has 0 amide bonds. The van der Waals surface area contributed by atoms with Gasteiger partial charge in [-0.15, -0.1) is 0 Å². The Morgan fingerprint density at radius 2 is 2.05 bits per heavy atom. The predicted octanol–water partition coefficient (Wildman–Crippen LogP) is 3.90. The maximum Gasteiger partial charge on any atom is 0.123 e. The highest BCUT2D eigenvalue weighted by atomic mass is 35.5. The summed E-state index contributed by atoms with van der Waals surface area (Å²) in [4.78, 5) is 2.09. The molecule has 0 aliphatic rings. The summed E-state index contributed by atoms with van der Waals surface area (Å²) in [5.41, 5.74) is 7.86. The minimum absolute atomic E-state index is 0.0559. The molecule has 0 aliphatic carbocycles. The third-order valence-electron chi connectivity index (χ3n) is 3.10. The van der Waals surface area contributed by atoms with Crippen LogP contribution in [0.4, 0.5) is 5.69 Å². The zero-order chi connectivity index (χ0) is 14.0. The third kappa shape index (κ3) is 3.31. The minimum atomic E-state index is -0.0559. The van der Waals surface area contributed by atoms with Gasteiger partial charge < -0.3 is 15.1 Å². The highest BCUT2D eigenvalue weighted by Crippen LogP contribution is 2.27. The Morgan fingerprint density at radius 3 is 2.58 bits per heavy atom. The first-order chi connectivity index (χ1) is 8.97. The molecule has 0 spiro atoms. The fraction of sp³-hybridized carbons (Fsp3) is 0.333. The largest absolute Gasteiger partial charge is 0.464 e. The number of furan rings is 1. The SMILES string of the molecule is Cc1ccc(CN(C)c2ccc(C(C)N)c(Cl)c2)o1. The van der Waals surface area contributed by atoms with Gasteiger partial charge in [0.1, 0.15) is 11.5 Å². The molecule has 0 saturated heterocycles. The van der Waals surface area contributed by atoms with Crippen LogP contribution in [0.3, 0.4) is 0 Å². The fourth-order valence-electron chi connectivity index (χ4n) is 2.02. The number of halogens is 1. The van der Waals surface area contributed by atoms with Crippen molar-refractivity contribution in [2.45, 2.75) is 26.4 Å². The topological polar surface area (TPSA) is 42.4 Å². The smallest absolute Gasteiger partial charge is 0.123 e. The van der Waals surface area contributed by atoms with E-state index in [2.05, 4.69) is 4.90 Å². The molecule has 2 N–H and O–H groups in total. The molecular weight excluding hydrogens is 260 g/mol. The number of hydrogen-bond acceptors (Lipinski definition) is 3. The van der Waals surface area contributed by atoms with Crippen LogP contribution in [0.25, 0.3) is 0 Å². The Morgan fingerprint density at radius 1 is 1.32 bits per heavy atom. The lowest BCUT2D eigenvalue weighted by Crippen LogP contribution is -2.16. The van der Waals surface area contributed by atoms with Gasteiger partial charge in [0.05, 0.1) is 6.54 Å². The summed E-state index contributed by atoms with van der Waals surface area (Å²) in [6.07, 6.45) is 0. The molecule has 1 atom stereocenters. The lowest BCUT2D eigenvalue weighted by atomic mass is 10.1. The van der Waals surface area contributed by atoms with E-state index >= 15 is 0 Å². The molecule has 1 unspecified atom stereocenters. The second-order valence-corrected chi connectivity index (χ2v) is 5.27. The van der Waals surface area contributed by atoms with Crippen molar-refractivity contribution in [3.8, 4) is 0 Å². The van der Waals surface area contributed by atoms with Gasteiger partial charge in [0.25, 0.3) is 0 Å². The molecule has 0 fully saturated rings. The van der Waals surface area contributed by atoms with E-state index in [1.807, 2.05) is 51.2 Å². The number of nitrogens with two attached hydrogens (primary N) is 1. The Kier molecular flexibility index (Phi) is 4.17. The molecule has 1 heterocycles. The highest BCUT2D eigenvalue weighted by Gasteiger charge is 2.10. The summed E-state index contributed by atoms with van der Waals surface area (Å²) in [6.45, 7) is 4.58. The molecule has 1 aromatic heterocycles. The Labute approximate surface area is 119 Å². The number of anilines is 1. The van der Waals surface area contributed by atoms with Crippen LogP contribution < -0.4 is 10.6 Å². The number of aryl methyl sites for hydroxylation is 1. The Balaban J connectivity index is 2.15. The minimum Gasteiger partial charge on any atom is -0.464 e. The van der Waals surface area contributed by atoms with Gasteiger partial charge in [-0.2, -0.15) is 0 Å². The first-order valence-corrected chi connectivity index (χ1v) is 6.66. The Hall–Kier alpha value is -1.45. The van der Waals surface area contributed by atoms with Gasteiger partial charge in [-0.25, -0.2) is 0 Å². The van der Waals surface area contributed by atoms with Gasteiger partial charge in [-0.1, -0.05) is 17.7 Å². The summed E-state index contributed by atoms with van der Waals surface area (Å²) in [5, 5.41) is 0.704. The van der Waals surface area contributed by atoms with Gasteiger partial charge in [0.15, 0.2) is 0 Å². The molecule has 19 heavy (non-hydrogen) atoms. The van der Waals surface area contributed by atoms with E-state index in [1.54, 1.807) is 0 Å². The van der Waals surface area contributed by atoms with E-state index in [-0.39, 0.29) is 6.04 Å². The molecule has 2 aromatic rings. The van der Waals surface area contributed by atoms with Gasteiger partial charge in [-0.05, 0) is 43.7 Å². The van der Waals surface area contributed by atoms with E-state index in [1.165, 1.54) is 0 Å². The number of nitrogens with zero attached hydrogens (tertiary/aromatic N) is 1. The average Bonchev–Trinajstić information content (AvgIpc) is 2.74. The van der Waals surface area contributed by atoms with Gasteiger partial charge >= 0.3 is 0 Å². The van der Waals surface area contributed by atoms with Crippen molar-refractivity contribution in [1.29, 1.82) is 0 Å². The van der Waals surface area contributed by atoms with Crippen molar-refractivity contribution in [3.05, 3.63) is 52.4 Å². The Bertz CT molecular complexity index is 563. The van der Waals surface area contributed by atoms with Crippen LogP contribution in [0.5, 0.6) is 0 Å². The first-order valence-electron chi connectivity index (χ1n) is 6.29. The summed E-state index contributed by atoms with van der Waals surface area (Å²) in [6, 6.07) is 9.85. The molecule has 0 radical (unpaired) electrons. The summed E-state index contributed by atoms with van der Waals surface area (Å²) >= 11 is 6.25. The zero-order valence-corrected chi connectivity index (χ0v) is 12.2. The molecule has 2 rings (SSSR count). The van der Waals surface area contributed by atoms with Crippen LogP contribution in [0.1, 0.15) is 30.0 Å². The number of benzene rings is 1. The van der Waals surface area contributed by atoms with Crippen molar-refractivity contribution < 1.29 is 4.42 Å². The molecule has 0 bridgehead atoms. The second-order valence-electron chi connectivity index (χ2n) is 4.86. The standard InChI is InChI=1S/C15H19ClN2O/c1-10-4-6-13(19-10)9-18(3)12-5-7-14(11(2)17)15(16)8-12/h4-8,11H,9,17H2,1-3H3. The van der Waals surface area contributed by atoms with Crippen LogP contribution in [-0.4, -0.2) is 7.05 Å². The van der Waals surface area contributed by atoms with Crippen molar-refractivity contribution in [3.63, 3.8) is 0 Å². The molecule has 4 heteroatoms. The van der Waals surface area contributed by atoms with Gasteiger partial charge in [0.2, 0.25) is 0 Å². The molecular formula is C15H19ClN2O. The summed E-state index contributed by atoms with van der Waals surface area (Å²) < 4.78 is 5.57. The van der Waals surface area contributed by atoms with E-state index in [9.17, 15) is 0 Å². The normalized spacial score (nSPS) is 12.5. The summed E-state index contributed by atoms with van der Waals surface area (Å²) in [5.74, 6) is 1.86. The van der Waals surface area contributed by atoms with Crippen LogP contribution in [0.15, 0.2) is 34.7 Å². The van der Waals surface area contributed by atoms with Crippen molar-refractivity contribution in [1.82, 2.24) is 0 Å². The first kappa shape index (κ1) is 14.0. The monoisotopic (exact) mass is 278 g/mol. The fourth-order valence-corrected chi connectivity index (χ4v) is 2.36. The van der Waals surface area contributed by atoms with Gasteiger partial charge in [0, 0.05) is 23.8 Å². The number of hydrogen-bond donors (Lipinski definition) is 1. The van der Waals surface area contributed by atoms with Gasteiger partial charge in [-0.3, -0.25) is 0 Å². The third-order valence-corrected chi connectivity index (χ3v) is 3.43. The van der Waals surface area contributed by atoms with Crippen LogP contribution in [0, 0.1) is 6.92 Å². The summed E-state index contributed by atoms with van der Waals surface area (Å²) in [7, 11) is 2.01. The lowest BCUT2D eigenvalue weighted by Gasteiger charge is -2.19. The maximum atomic E-state index is 6.25. The van der Waals surface area contributed by atoms with E-state index in [4.69, 9.17) is 21.8 Å². The van der Waals surface area contributed by atoms with E-state index < -0.39 is 0 Å². The highest BCUT2D eigenvalue weighted by molar-refractivity contribution is 6.31. The van der Waals surface area contributed by atoms with E-state index in [0.29, 0.717) is 11.6 Å². The predicted molar refractivity (Wildman–Crippen MR) is 79.6 cm³/mol. The number of rotatable bonds is 4. The van der Waals surface area contributed by atoms with Crippen molar-refractivity contribution in [2.75, 3.05) is 11.9 Å². The zero-order valence-electron chi connectivity index (χ0n) is 11.5. The van der Waals surface area contributed by atoms with Crippen LogP contribution >= 0.6 is 11.6 Å². The molecule has 1 aromatic carbocycles. The van der Waals surface area contributed by atoms with Crippen molar-refractivity contribution in [2.24, 2.45) is 5.73 Å². The second kappa shape index (κ2) is 5.68.